The van der Waals surface area contributed by atoms with E-state index in [2.05, 4.69) is 11.8 Å². The summed E-state index contributed by atoms with van der Waals surface area (Å²) in [5.74, 6) is 4.41. The largest absolute Gasteiger partial charge is 0.381 e. The number of ether oxygens (including phenoxy) is 1. The smallest absolute Gasteiger partial charge is 0.328 e. The summed E-state index contributed by atoms with van der Waals surface area (Å²) in [7, 11) is 0. The Morgan fingerprint density at radius 2 is 1.81 bits per heavy atom. The van der Waals surface area contributed by atoms with Gasteiger partial charge in [-0.2, -0.15) is 0 Å². The van der Waals surface area contributed by atoms with E-state index in [9.17, 15) is 4.79 Å². The molecule has 0 spiro atoms. The average molecular weight is 232 g/mol. The van der Waals surface area contributed by atoms with Gasteiger partial charge in [-0.3, -0.25) is 4.79 Å². The van der Waals surface area contributed by atoms with E-state index in [-0.39, 0.29) is 6.42 Å². The number of unbranched alkanes of at least 4 members (excludes halogenated alkanes) is 5. The Hall–Kier alpha value is -0.650. The van der Waals surface area contributed by atoms with Gasteiger partial charge in [0.05, 0.1) is 13.0 Å². The lowest BCUT2D eigenvalue weighted by Crippen LogP contribution is -2.26. The van der Waals surface area contributed by atoms with Crippen molar-refractivity contribution in [2.75, 3.05) is 13.2 Å². The SMILES string of the molecule is CCCCCCCCOCCC(=O)ONN. The summed E-state index contributed by atoms with van der Waals surface area (Å²) < 4.78 is 5.29. The second-order valence-electron chi connectivity index (χ2n) is 3.72. The van der Waals surface area contributed by atoms with Crippen molar-refractivity contribution in [1.29, 1.82) is 0 Å². The molecular weight excluding hydrogens is 208 g/mol. The predicted octanol–water partition coefficient (Wildman–Crippen LogP) is 1.68. The number of rotatable bonds is 11. The van der Waals surface area contributed by atoms with Crippen LogP contribution in [0.2, 0.25) is 0 Å². The quantitative estimate of drug-likeness (QED) is 0.322. The van der Waals surface area contributed by atoms with Crippen molar-refractivity contribution in [1.82, 2.24) is 5.59 Å². The van der Waals surface area contributed by atoms with E-state index in [0.717, 1.165) is 13.0 Å². The van der Waals surface area contributed by atoms with Gasteiger partial charge in [-0.25, -0.2) is 5.84 Å². The highest BCUT2D eigenvalue weighted by Gasteiger charge is 2.01. The molecule has 0 aliphatic carbocycles. The number of hydrogen-bond donors (Lipinski definition) is 2. The third-order valence-electron chi connectivity index (χ3n) is 2.27. The normalized spacial score (nSPS) is 10.4. The molecule has 0 amide bonds. The molecule has 0 unspecified atom stereocenters. The molecule has 0 radical (unpaired) electrons. The topological polar surface area (TPSA) is 73.6 Å². The molecule has 0 aromatic heterocycles. The highest BCUT2D eigenvalue weighted by atomic mass is 16.7. The second-order valence-corrected chi connectivity index (χ2v) is 3.72. The van der Waals surface area contributed by atoms with Crippen LogP contribution < -0.4 is 11.4 Å². The van der Waals surface area contributed by atoms with Gasteiger partial charge in [-0.05, 0) is 6.42 Å². The Labute approximate surface area is 97.6 Å². The van der Waals surface area contributed by atoms with Crippen molar-refractivity contribution in [3.8, 4) is 0 Å². The lowest BCUT2D eigenvalue weighted by atomic mass is 10.1. The lowest BCUT2D eigenvalue weighted by Gasteiger charge is -2.04. The van der Waals surface area contributed by atoms with Gasteiger partial charge < -0.3 is 9.57 Å². The van der Waals surface area contributed by atoms with Crippen molar-refractivity contribution in [3.05, 3.63) is 0 Å². The Morgan fingerprint density at radius 3 is 2.50 bits per heavy atom. The molecule has 0 aliphatic rings. The maximum atomic E-state index is 10.8. The molecule has 0 saturated carbocycles. The summed E-state index contributed by atoms with van der Waals surface area (Å²) in [6.45, 7) is 3.32. The van der Waals surface area contributed by atoms with Crippen molar-refractivity contribution < 1.29 is 14.4 Å². The third-order valence-corrected chi connectivity index (χ3v) is 2.27. The highest BCUT2D eigenvalue weighted by Crippen LogP contribution is 2.04. The average Bonchev–Trinajstić information content (AvgIpc) is 2.27. The molecule has 96 valence electrons. The van der Waals surface area contributed by atoms with Gasteiger partial charge in [0, 0.05) is 6.61 Å². The predicted molar refractivity (Wildman–Crippen MR) is 62.2 cm³/mol. The molecule has 0 bridgehead atoms. The van der Waals surface area contributed by atoms with Crippen molar-refractivity contribution in [2.45, 2.75) is 51.9 Å². The summed E-state index contributed by atoms with van der Waals surface area (Å²) in [5.41, 5.74) is 1.84. The minimum absolute atomic E-state index is 0.236. The van der Waals surface area contributed by atoms with Crippen LogP contribution >= 0.6 is 0 Å². The summed E-state index contributed by atoms with van der Waals surface area (Å²) in [5, 5.41) is 0. The van der Waals surface area contributed by atoms with Crippen LogP contribution in [0.25, 0.3) is 0 Å². The van der Waals surface area contributed by atoms with Crippen LogP contribution in [0.4, 0.5) is 0 Å². The van der Waals surface area contributed by atoms with Gasteiger partial charge >= 0.3 is 5.97 Å². The van der Waals surface area contributed by atoms with Gasteiger partial charge in [0.15, 0.2) is 0 Å². The van der Waals surface area contributed by atoms with Crippen molar-refractivity contribution >= 4 is 5.97 Å². The van der Waals surface area contributed by atoms with Crippen LogP contribution in [0.5, 0.6) is 0 Å². The van der Waals surface area contributed by atoms with E-state index in [0.29, 0.717) is 6.61 Å². The summed E-state index contributed by atoms with van der Waals surface area (Å²) in [4.78, 5) is 15.1. The minimum Gasteiger partial charge on any atom is -0.381 e. The number of nitrogens with two attached hydrogens (primary N) is 1. The highest BCUT2D eigenvalue weighted by molar-refractivity contribution is 5.69. The Bertz CT molecular complexity index is 165. The summed E-state index contributed by atoms with van der Waals surface area (Å²) >= 11 is 0. The van der Waals surface area contributed by atoms with Crippen LogP contribution in [0.3, 0.4) is 0 Å². The zero-order valence-corrected chi connectivity index (χ0v) is 10.2. The number of carbonyl (C=O) groups excluding carboxylic acids is 1. The van der Waals surface area contributed by atoms with Crippen LogP contribution in [0.15, 0.2) is 0 Å². The molecule has 5 heteroatoms. The lowest BCUT2D eigenvalue weighted by molar-refractivity contribution is -0.152. The Morgan fingerprint density at radius 1 is 1.12 bits per heavy atom. The molecular formula is C11H24N2O3. The summed E-state index contributed by atoms with van der Waals surface area (Å²) in [6.07, 6.45) is 7.68. The minimum atomic E-state index is -0.398. The van der Waals surface area contributed by atoms with Crippen molar-refractivity contribution in [3.63, 3.8) is 0 Å². The molecule has 0 aliphatic heterocycles. The molecule has 0 atom stereocenters. The van der Waals surface area contributed by atoms with Crippen LogP contribution in [0, 0.1) is 0 Å². The Kier molecular flexibility index (Phi) is 11.9. The summed E-state index contributed by atoms with van der Waals surface area (Å²) in [6, 6.07) is 0. The van der Waals surface area contributed by atoms with E-state index >= 15 is 0 Å². The third kappa shape index (κ3) is 11.4. The van der Waals surface area contributed by atoms with Crippen LogP contribution in [0.1, 0.15) is 51.9 Å². The molecule has 0 heterocycles. The van der Waals surface area contributed by atoms with Gasteiger partial charge in [-0.1, -0.05) is 44.6 Å². The van der Waals surface area contributed by atoms with Crippen molar-refractivity contribution in [2.24, 2.45) is 5.84 Å². The first-order valence-corrected chi connectivity index (χ1v) is 6.04. The molecule has 0 saturated heterocycles. The van der Waals surface area contributed by atoms with Crippen LogP contribution in [-0.4, -0.2) is 19.2 Å². The van der Waals surface area contributed by atoms with Crippen LogP contribution in [-0.2, 0) is 14.4 Å². The van der Waals surface area contributed by atoms with Gasteiger partial charge in [-0.15, -0.1) is 0 Å². The zero-order chi connectivity index (χ0) is 12.1. The monoisotopic (exact) mass is 232 g/mol. The molecule has 16 heavy (non-hydrogen) atoms. The van der Waals surface area contributed by atoms with Gasteiger partial charge in [0.2, 0.25) is 0 Å². The van der Waals surface area contributed by atoms with Gasteiger partial charge in [0.25, 0.3) is 0 Å². The molecule has 3 N–H and O–H groups in total. The van der Waals surface area contributed by atoms with E-state index in [4.69, 9.17) is 10.6 Å². The van der Waals surface area contributed by atoms with E-state index < -0.39 is 5.97 Å². The standard InChI is InChI=1S/C11H24N2O3/c1-2-3-4-5-6-7-9-15-10-8-11(14)16-13-12/h13H,2-10,12H2,1H3. The fourth-order valence-corrected chi connectivity index (χ4v) is 1.36. The number of nitrogens with one attached hydrogen (secondary N) is 1. The first kappa shape index (κ1) is 15.3. The maximum Gasteiger partial charge on any atom is 0.328 e. The Balaban J connectivity index is 3.01. The molecule has 5 nitrogen and oxygen atoms in total. The fraction of sp³-hybridized carbons (Fsp3) is 0.909. The van der Waals surface area contributed by atoms with E-state index in [1.165, 1.54) is 32.1 Å². The first-order valence-electron chi connectivity index (χ1n) is 6.04. The van der Waals surface area contributed by atoms with E-state index in [1.807, 2.05) is 5.59 Å². The first-order chi connectivity index (χ1) is 7.81. The number of hydrazine groups is 1. The molecule has 0 rings (SSSR count). The number of hydrogen-bond acceptors (Lipinski definition) is 5. The van der Waals surface area contributed by atoms with Gasteiger partial charge in [0.1, 0.15) is 0 Å². The molecule has 0 fully saturated rings. The van der Waals surface area contributed by atoms with E-state index in [1.54, 1.807) is 0 Å². The number of carbonyl (C=O) groups is 1. The zero-order valence-electron chi connectivity index (χ0n) is 10.2. The molecule has 0 aromatic carbocycles. The fourth-order valence-electron chi connectivity index (χ4n) is 1.36. The maximum absolute atomic E-state index is 10.8. The molecule has 0 aromatic rings. The second kappa shape index (κ2) is 12.4.